The highest BCUT2D eigenvalue weighted by Crippen LogP contribution is 2.68. The van der Waals surface area contributed by atoms with Crippen LogP contribution in [0.2, 0.25) is 0 Å². The van der Waals surface area contributed by atoms with E-state index >= 15 is 0 Å². The minimum absolute atomic E-state index is 0.682. The highest BCUT2D eigenvalue weighted by Gasteiger charge is 2.68. The molecule has 0 aromatic heterocycles. The predicted octanol–water partition coefficient (Wildman–Crippen LogP) is 12.6. The standard InChI is InChI=1S/C53H43/c1-51(44-30-14-4-15-31-44,45-32-16-5-17-33-45)53(48-38-22-8-23-39-48,49-40-24-9-25-41-49)52(46-34-18-6-19-35-46,47-36-20-7-21-37-47)50(42-26-10-2-11-27-42)43-28-12-3-13-29-43/h2-41H,1H3. The average Bonchev–Trinajstić information content (AvgIpc) is 3.26. The van der Waals surface area contributed by atoms with Crippen LogP contribution in [0.25, 0.3) is 0 Å². The lowest BCUT2D eigenvalue weighted by molar-refractivity contribution is 0.222. The number of benzene rings is 8. The molecule has 0 aliphatic carbocycles. The SMILES string of the molecule is CC(c1ccccc1)(c1ccccc1)C(c1ccccc1)(c1ccccc1)C([C](c1ccccc1)c1ccccc1)(c1ccccc1)c1ccccc1. The first kappa shape index (κ1) is 33.9. The molecule has 0 heteroatoms. The van der Waals surface area contributed by atoms with Gasteiger partial charge in [-0.25, -0.2) is 0 Å². The molecule has 0 heterocycles. The Morgan fingerprint density at radius 1 is 0.264 bits per heavy atom. The molecule has 8 rings (SSSR count). The Labute approximate surface area is 315 Å². The lowest BCUT2D eigenvalue weighted by Crippen LogP contribution is -2.64. The van der Waals surface area contributed by atoms with E-state index in [2.05, 4.69) is 250 Å². The molecular formula is C53H43. The van der Waals surface area contributed by atoms with Crippen LogP contribution in [-0.2, 0) is 16.2 Å². The predicted molar refractivity (Wildman–Crippen MR) is 221 cm³/mol. The Bertz CT molecular complexity index is 2140. The van der Waals surface area contributed by atoms with Crippen molar-refractivity contribution in [1.29, 1.82) is 0 Å². The minimum Gasteiger partial charge on any atom is -0.0622 e. The molecule has 0 aliphatic rings. The third kappa shape index (κ3) is 5.54. The van der Waals surface area contributed by atoms with E-state index in [-0.39, 0.29) is 0 Å². The van der Waals surface area contributed by atoms with Crippen LogP contribution < -0.4 is 0 Å². The van der Waals surface area contributed by atoms with Crippen molar-refractivity contribution < 1.29 is 0 Å². The molecule has 255 valence electrons. The summed E-state index contributed by atoms with van der Waals surface area (Å²) < 4.78 is 0. The fourth-order valence-corrected chi connectivity index (χ4v) is 9.33. The second-order valence-electron chi connectivity index (χ2n) is 13.9. The number of hydrogen-bond acceptors (Lipinski definition) is 0. The van der Waals surface area contributed by atoms with Gasteiger partial charge in [-0.3, -0.25) is 0 Å². The van der Waals surface area contributed by atoms with Crippen LogP contribution in [0.3, 0.4) is 0 Å². The van der Waals surface area contributed by atoms with Crippen LogP contribution in [0.1, 0.15) is 51.4 Å². The molecular weight excluding hydrogens is 637 g/mol. The van der Waals surface area contributed by atoms with Crippen molar-refractivity contribution in [3.05, 3.63) is 293 Å². The summed E-state index contributed by atoms with van der Waals surface area (Å²) in [7, 11) is 0. The van der Waals surface area contributed by atoms with E-state index in [1.165, 1.54) is 50.4 Å². The minimum atomic E-state index is -0.860. The summed E-state index contributed by atoms with van der Waals surface area (Å²) in [6, 6.07) is 89.7. The zero-order chi connectivity index (χ0) is 36.0. The van der Waals surface area contributed by atoms with Crippen LogP contribution in [0.4, 0.5) is 0 Å². The van der Waals surface area contributed by atoms with E-state index in [9.17, 15) is 0 Å². The molecule has 0 saturated carbocycles. The summed E-state index contributed by atoms with van der Waals surface area (Å²) in [5.41, 5.74) is 7.29. The quantitative estimate of drug-likeness (QED) is 0.128. The van der Waals surface area contributed by atoms with Crippen molar-refractivity contribution in [2.24, 2.45) is 0 Å². The molecule has 0 nitrogen and oxygen atoms in total. The van der Waals surface area contributed by atoms with Crippen molar-refractivity contribution in [3.63, 3.8) is 0 Å². The van der Waals surface area contributed by atoms with Crippen molar-refractivity contribution in [3.8, 4) is 0 Å². The van der Waals surface area contributed by atoms with E-state index in [0.29, 0.717) is 0 Å². The van der Waals surface area contributed by atoms with Gasteiger partial charge in [0.15, 0.2) is 0 Å². The van der Waals surface area contributed by atoms with Gasteiger partial charge in [0.05, 0.1) is 11.3 Å². The van der Waals surface area contributed by atoms with Crippen molar-refractivity contribution in [1.82, 2.24) is 0 Å². The third-order valence-electron chi connectivity index (χ3n) is 11.3. The Hall–Kier alpha value is -6.24. The maximum absolute atomic E-state index is 2.49. The molecule has 0 aliphatic heterocycles. The lowest BCUT2D eigenvalue weighted by Gasteiger charge is -2.63. The van der Waals surface area contributed by atoms with Crippen molar-refractivity contribution in [2.75, 3.05) is 0 Å². The molecule has 8 aromatic carbocycles. The summed E-state index contributed by atoms with van der Waals surface area (Å²) in [6.45, 7) is 2.49. The first-order chi connectivity index (χ1) is 26.2. The molecule has 53 heavy (non-hydrogen) atoms. The molecule has 0 saturated heterocycles. The van der Waals surface area contributed by atoms with Crippen LogP contribution >= 0.6 is 0 Å². The summed E-state index contributed by atoms with van der Waals surface area (Å²) in [5.74, 6) is 1.24. The largest absolute Gasteiger partial charge is 0.0622 e. The van der Waals surface area contributed by atoms with Crippen molar-refractivity contribution >= 4 is 0 Å². The molecule has 0 fully saturated rings. The smallest absolute Gasteiger partial charge is 0.0501 e. The van der Waals surface area contributed by atoms with Crippen LogP contribution in [0.15, 0.2) is 243 Å². The first-order valence-corrected chi connectivity index (χ1v) is 18.5. The Balaban J connectivity index is 1.74. The lowest BCUT2D eigenvalue weighted by atomic mass is 9.37. The molecule has 0 N–H and O–H groups in total. The zero-order valence-corrected chi connectivity index (χ0v) is 30.1. The van der Waals surface area contributed by atoms with Gasteiger partial charge in [0.1, 0.15) is 0 Å². The second-order valence-corrected chi connectivity index (χ2v) is 13.9. The molecule has 0 atom stereocenters. The summed E-state index contributed by atoms with van der Waals surface area (Å²) in [5, 5.41) is 0. The van der Waals surface area contributed by atoms with Crippen LogP contribution in [-0.4, -0.2) is 0 Å². The fourth-order valence-electron chi connectivity index (χ4n) is 9.33. The number of hydrogen-bond donors (Lipinski definition) is 0. The monoisotopic (exact) mass is 679 g/mol. The molecule has 8 aromatic rings. The van der Waals surface area contributed by atoms with Crippen LogP contribution in [0, 0.1) is 5.92 Å². The normalized spacial score (nSPS) is 12.0. The van der Waals surface area contributed by atoms with Gasteiger partial charge in [0.2, 0.25) is 0 Å². The highest BCUT2D eigenvalue weighted by atomic mass is 14.7. The van der Waals surface area contributed by atoms with Gasteiger partial charge in [-0.05, 0) is 44.5 Å². The maximum Gasteiger partial charge on any atom is 0.0501 e. The maximum atomic E-state index is 2.49. The van der Waals surface area contributed by atoms with E-state index in [1.54, 1.807) is 0 Å². The van der Waals surface area contributed by atoms with Gasteiger partial charge < -0.3 is 0 Å². The Kier molecular flexibility index (Phi) is 9.45. The Morgan fingerprint density at radius 3 is 0.774 bits per heavy atom. The van der Waals surface area contributed by atoms with Gasteiger partial charge in [-0.15, -0.1) is 0 Å². The molecule has 0 unspecified atom stereocenters. The molecule has 0 spiro atoms. The van der Waals surface area contributed by atoms with E-state index in [0.717, 1.165) is 0 Å². The van der Waals surface area contributed by atoms with Gasteiger partial charge in [0.25, 0.3) is 0 Å². The summed E-state index contributed by atoms with van der Waals surface area (Å²) >= 11 is 0. The third-order valence-corrected chi connectivity index (χ3v) is 11.3. The molecule has 1 radical (unpaired) electrons. The summed E-state index contributed by atoms with van der Waals surface area (Å²) in [4.78, 5) is 0. The topological polar surface area (TPSA) is 0 Å². The van der Waals surface area contributed by atoms with Gasteiger partial charge >= 0.3 is 0 Å². The van der Waals surface area contributed by atoms with Crippen molar-refractivity contribution in [2.45, 2.75) is 23.2 Å². The average molecular weight is 680 g/mol. The summed E-state index contributed by atoms with van der Waals surface area (Å²) in [6.07, 6.45) is 0. The zero-order valence-electron chi connectivity index (χ0n) is 30.1. The van der Waals surface area contributed by atoms with Gasteiger partial charge in [-0.2, -0.15) is 0 Å². The van der Waals surface area contributed by atoms with Gasteiger partial charge in [-0.1, -0.05) is 250 Å². The van der Waals surface area contributed by atoms with Crippen LogP contribution in [0.5, 0.6) is 0 Å². The van der Waals surface area contributed by atoms with Gasteiger partial charge in [0, 0.05) is 10.8 Å². The molecule has 0 bridgehead atoms. The van der Waals surface area contributed by atoms with E-state index in [1.807, 2.05) is 0 Å². The first-order valence-electron chi connectivity index (χ1n) is 18.5. The number of rotatable bonds is 11. The second kappa shape index (κ2) is 14.8. The fraction of sp³-hybridized carbons (Fsp3) is 0.0755. The highest BCUT2D eigenvalue weighted by molar-refractivity contribution is 5.72. The molecule has 0 amide bonds. The van der Waals surface area contributed by atoms with E-state index in [4.69, 9.17) is 0 Å². The van der Waals surface area contributed by atoms with E-state index < -0.39 is 16.2 Å². The Morgan fingerprint density at radius 2 is 0.491 bits per heavy atom.